The fourth-order valence-electron chi connectivity index (χ4n) is 1.75. The van der Waals surface area contributed by atoms with E-state index in [2.05, 4.69) is 29.4 Å². The van der Waals surface area contributed by atoms with E-state index in [-0.39, 0.29) is 5.91 Å². The lowest BCUT2D eigenvalue weighted by atomic mass is 10.3. The normalized spacial score (nSPS) is 12.0. The van der Waals surface area contributed by atoms with Crippen molar-refractivity contribution in [3.05, 3.63) is 28.2 Å². The van der Waals surface area contributed by atoms with Gasteiger partial charge in [0.2, 0.25) is 11.0 Å². The van der Waals surface area contributed by atoms with Crippen LogP contribution in [0.3, 0.4) is 0 Å². The molecule has 0 bridgehead atoms. The number of rotatable bonds is 9. The Morgan fingerprint density at radius 2 is 2.20 bits per heavy atom. The van der Waals surface area contributed by atoms with Crippen molar-refractivity contribution in [2.45, 2.75) is 42.7 Å². The number of anilines is 1. The summed E-state index contributed by atoms with van der Waals surface area (Å²) in [5, 5.41) is 12.9. The zero-order valence-electron chi connectivity index (χ0n) is 13.9. The number of aromatic nitrogens is 2. The molecular formula is C16H19Cl2N3O2S2. The highest BCUT2D eigenvalue weighted by Gasteiger charge is 2.11. The van der Waals surface area contributed by atoms with Gasteiger partial charge in [0, 0.05) is 16.7 Å². The summed E-state index contributed by atoms with van der Waals surface area (Å²) >= 11 is 14.9. The van der Waals surface area contributed by atoms with Crippen LogP contribution in [0.1, 0.15) is 33.1 Å². The summed E-state index contributed by atoms with van der Waals surface area (Å²) in [4.78, 5) is 11.9. The smallest absolute Gasteiger partial charge is 0.226 e. The summed E-state index contributed by atoms with van der Waals surface area (Å²) in [6, 6.07) is 5.04. The molecule has 1 amide bonds. The predicted molar refractivity (Wildman–Crippen MR) is 105 cm³/mol. The summed E-state index contributed by atoms with van der Waals surface area (Å²) < 4.78 is 6.42. The standard InChI is InChI=1S/C16H19Cl2N3O2S2/c1-3-10(2)24-16-21-20-15(25-16)19-14(22)5-4-8-23-13-7-6-11(17)9-12(13)18/h6-7,9-10H,3-5,8H2,1-2H3,(H,19,20,22). The Kier molecular flexibility index (Phi) is 8.29. The molecule has 0 spiro atoms. The molecule has 1 unspecified atom stereocenters. The monoisotopic (exact) mass is 419 g/mol. The number of carbonyl (C=O) groups excluding carboxylic acids is 1. The summed E-state index contributed by atoms with van der Waals surface area (Å²) in [5.74, 6) is 0.448. The Morgan fingerprint density at radius 1 is 1.40 bits per heavy atom. The quantitative estimate of drug-likeness (QED) is 0.328. The van der Waals surface area contributed by atoms with Crippen molar-refractivity contribution >= 4 is 57.3 Å². The molecule has 2 aromatic rings. The van der Waals surface area contributed by atoms with Crippen LogP contribution >= 0.6 is 46.3 Å². The number of carbonyl (C=O) groups is 1. The van der Waals surface area contributed by atoms with Crippen LogP contribution in [-0.4, -0.2) is 28.0 Å². The molecule has 5 nitrogen and oxygen atoms in total. The van der Waals surface area contributed by atoms with Crippen LogP contribution in [-0.2, 0) is 4.79 Å². The zero-order chi connectivity index (χ0) is 18.2. The number of amides is 1. The number of hydrogen-bond donors (Lipinski definition) is 1. The second-order valence-corrected chi connectivity index (χ2v) is 8.79. The molecule has 0 saturated heterocycles. The van der Waals surface area contributed by atoms with E-state index < -0.39 is 0 Å². The largest absolute Gasteiger partial charge is 0.492 e. The van der Waals surface area contributed by atoms with E-state index in [1.807, 2.05) is 0 Å². The first-order valence-corrected chi connectivity index (χ1v) is 10.3. The summed E-state index contributed by atoms with van der Waals surface area (Å²) in [6.07, 6.45) is 1.96. The lowest BCUT2D eigenvalue weighted by Gasteiger charge is -2.08. The first kappa shape index (κ1) is 20.3. The molecule has 0 aliphatic carbocycles. The van der Waals surface area contributed by atoms with Gasteiger partial charge in [0.05, 0.1) is 11.6 Å². The summed E-state index contributed by atoms with van der Waals surface area (Å²) in [6.45, 7) is 4.65. The van der Waals surface area contributed by atoms with Crippen LogP contribution in [0.4, 0.5) is 5.13 Å². The van der Waals surface area contributed by atoms with Gasteiger partial charge in [0.25, 0.3) is 0 Å². The molecule has 2 rings (SSSR count). The Hall–Kier alpha value is -1.02. The van der Waals surface area contributed by atoms with E-state index in [4.69, 9.17) is 27.9 Å². The second-order valence-electron chi connectivity index (χ2n) is 5.28. The van der Waals surface area contributed by atoms with Gasteiger partial charge in [0.15, 0.2) is 4.34 Å². The van der Waals surface area contributed by atoms with Crippen LogP contribution in [0.5, 0.6) is 5.75 Å². The summed E-state index contributed by atoms with van der Waals surface area (Å²) in [5.41, 5.74) is 0. The van der Waals surface area contributed by atoms with Gasteiger partial charge >= 0.3 is 0 Å². The van der Waals surface area contributed by atoms with Crippen molar-refractivity contribution < 1.29 is 9.53 Å². The molecule has 0 saturated carbocycles. The molecule has 0 fully saturated rings. The lowest BCUT2D eigenvalue weighted by molar-refractivity contribution is -0.116. The topological polar surface area (TPSA) is 64.1 Å². The van der Waals surface area contributed by atoms with Crippen LogP contribution in [0.25, 0.3) is 0 Å². The number of halogens is 2. The third kappa shape index (κ3) is 7.01. The van der Waals surface area contributed by atoms with E-state index in [1.165, 1.54) is 11.3 Å². The summed E-state index contributed by atoms with van der Waals surface area (Å²) in [7, 11) is 0. The van der Waals surface area contributed by atoms with Gasteiger partial charge in [-0.1, -0.05) is 60.1 Å². The van der Waals surface area contributed by atoms with Gasteiger partial charge in [0.1, 0.15) is 5.75 Å². The molecule has 1 N–H and O–H groups in total. The molecule has 25 heavy (non-hydrogen) atoms. The molecule has 9 heteroatoms. The molecule has 1 heterocycles. The highest BCUT2D eigenvalue weighted by Crippen LogP contribution is 2.30. The Bertz CT molecular complexity index is 712. The molecular weight excluding hydrogens is 401 g/mol. The molecule has 0 aliphatic rings. The third-order valence-electron chi connectivity index (χ3n) is 3.23. The average molecular weight is 420 g/mol. The second kappa shape index (κ2) is 10.2. The van der Waals surface area contributed by atoms with Crippen molar-refractivity contribution in [3.8, 4) is 5.75 Å². The minimum atomic E-state index is -0.109. The van der Waals surface area contributed by atoms with E-state index >= 15 is 0 Å². The van der Waals surface area contributed by atoms with Crippen LogP contribution < -0.4 is 10.1 Å². The lowest BCUT2D eigenvalue weighted by Crippen LogP contribution is -2.12. The molecule has 136 valence electrons. The minimum absolute atomic E-state index is 0.109. The van der Waals surface area contributed by atoms with Gasteiger partial charge in [-0.2, -0.15) is 0 Å². The third-order valence-corrected chi connectivity index (χ3v) is 5.95. The van der Waals surface area contributed by atoms with Gasteiger partial charge in [-0.15, -0.1) is 10.2 Å². The molecule has 0 aliphatic heterocycles. The maximum atomic E-state index is 11.9. The van der Waals surface area contributed by atoms with Gasteiger partial charge in [-0.25, -0.2) is 0 Å². The molecule has 0 radical (unpaired) electrons. The van der Waals surface area contributed by atoms with Crippen LogP contribution in [0, 0.1) is 0 Å². The van der Waals surface area contributed by atoms with Crippen molar-refractivity contribution in [1.29, 1.82) is 0 Å². The fraction of sp³-hybridized carbons (Fsp3) is 0.438. The maximum Gasteiger partial charge on any atom is 0.226 e. The number of nitrogens with zero attached hydrogens (tertiary/aromatic N) is 2. The predicted octanol–water partition coefficient (Wildman–Crippen LogP) is 5.53. The Labute approximate surface area is 165 Å². The van der Waals surface area contributed by atoms with Gasteiger partial charge in [-0.05, 0) is 31.0 Å². The van der Waals surface area contributed by atoms with E-state index in [9.17, 15) is 4.79 Å². The fourth-order valence-corrected chi connectivity index (χ4v) is 4.23. The molecule has 1 atom stereocenters. The average Bonchev–Trinajstić information content (AvgIpc) is 2.99. The number of ether oxygens (including phenoxy) is 1. The number of thioether (sulfide) groups is 1. The first-order valence-electron chi connectivity index (χ1n) is 7.85. The van der Waals surface area contributed by atoms with Crippen molar-refractivity contribution in [2.24, 2.45) is 0 Å². The minimum Gasteiger partial charge on any atom is -0.492 e. The van der Waals surface area contributed by atoms with E-state index in [0.717, 1.165) is 10.8 Å². The zero-order valence-corrected chi connectivity index (χ0v) is 17.1. The van der Waals surface area contributed by atoms with Crippen molar-refractivity contribution in [3.63, 3.8) is 0 Å². The Balaban J connectivity index is 1.70. The maximum absolute atomic E-state index is 11.9. The number of hydrogen-bond acceptors (Lipinski definition) is 6. The van der Waals surface area contributed by atoms with Gasteiger partial charge < -0.3 is 10.1 Å². The highest BCUT2D eigenvalue weighted by atomic mass is 35.5. The van der Waals surface area contributed by atoms with E-state index in [1.54, 1.807) is 30.0 Å². The molecule has 1 aromatic heterocycles. The molecule has 1 aromatic carbocycles. The van der Waals surface area contributed by atoms with E-state index in [0.29, 0.717) is 45.6 Å². The van der Waals surface area contributed by atoms with Crippen LogP contribution in [0.15, 0.2) is 22.5 Å². The van der Waals surface area contributed by atoms with Crippen LogP contribution in [0.2, 0.25) is 10.0 Å². The van der Waals surface area contributed by atoms with Crippen molar-refractivity contribution in [1.82, 2.24) is 10.2 Å². The highest BCUT2D eigenvalue weighted by molar-refractivity contribution is 8.01. The SMILES string of the molecule is CCC(C)Sc1nnc(NC(=O)CCCOc2ccc(Cl)cc2Cl)s1. The number of nitrogens with one attached hydrogen (secondary N) is 1. The number of benzene rings is 1. The Morgan fingerprint density at radius 3 is 2.92 bits per heavy atom. The first-order chi connectivity index (χ1) is 12.0. The van der Waals surface area contributed by atoms with Crippen molar-refractivity contribution in [2.75, 3.05) is 11.9 Å². The van der Waals surface area contributed by atoms with Gasteiger partial charge in [-0.3, -0.25) is 4.79 Å².